The molecule has 5 rings (SSSR count). The maximum Gasteiger partial charge on any atom is 0.255 e. The van der Waals surface area contributed by atoms with Gasteiger partial charge in [0.25, 0.3) is 5.91 Å². The molecule has 0 radical (unpaired) electrons. The topological polar surface area (TPSA) is 79.6 Å². The van der Waals surface area contributed by atoms with Crippen LogP contribution in [-0.2, 0) is 17.9 Å². The van der Waals surface area contributed by atoms with Crippen molar-refractivity contribution in [3.8, 4) is 0 Å². The maximum absolute atomic E-state index is 13.1. The normalized spacial score (nSPS) is 16.7. The lowest BCUT2D eigenvalue weighted by atomic mass is 10.1. The van der Waals surface area contributed by atoms with E-state index in [0.29, 0.717) is 24.4 Å². The van der Waals surface area contributed by atoms with Crippen molar-refractivity contribution in [2.24, 2.45) is 4.99 Å². The smallest absolute Gasteiger partial charge is 0.255 e. The number of anilines is 1. The number of carbonyl (C=O) groups is 2. The van der Waals surface area contributed by atoms with Gasteiger partial charge in [0.15, 0.2) is 0 Å². The lowest BCUT2D eigenvalue weighted by molar-refractivity contribution is -0.119. The number of amides is 2. The predicted octanol–water partition coefficient (Wildman–Crippen LogP) is 3.37. The number of benzene rings is 2. The summed E-state index contributed by atoms with van der Waals surface area (Å²) in [5.74, 6) is 0.0399. The summed E-state index contributed by atoms with van der Waals surface area (Å²) < 4.78 is 1.72. The Morgan fingerprint density at radius 3 is 2.88 bits per heavy atom. The van der Waals surface area contributed by atoms with E-state index in [-0.39, 0.29) is 19.2 Å². The van der Waals surface area contributed by atoms with Crippen LogP contribution in [0.5, 0.6) is 0 Å². The Labute approximate surface area is 191 Å². The van der Waals surface area contributed by atoms with Crippen molar-refractivity contribution >= 4 is 35.5 Å². The molecule has 2 amide bonds. The van der Waals surface area contributed by atoms with Crippen molar-refractivity contribution in [2.45, 2.75) is 31.5 Å². The number of hydrogen-bond donors (Lipinski definition) is 1. The first kappa shape index (κ1) is 21.8. The Hall–Kier alpha value is -3.39. The predicted molar refractivity (Wildman–Crippen MR) is 128 cm³/mol. The number of nitrogens with one attached hydrogen (secondary N) is 1. The van der Waals surface area contributed by atoms with Crippen molar-refractivity contribution in [3.63, 3.8) is 0 Å². The van der Waals surface area contributed by atoms with Crippen LogP contribution in [0.2, 0.25) is 0 Å². The molecule has 164 valence electrons. The summed E-state index contributed by atoms with van der Waals surface area (Å²) in [6.07, 6.45) is 5.09. The van der Waals surface area contributed by atoms with E-state index >= 15 is 0 Å². The molecule has 8 heteroatoms. The van der Waals surface area contributed by atoms with E-state index in [2.05, 4.69) is 21.5 Å². The lowest BCUT2D eigenvalue weighted by Gasteiger charge is -2.22. The molecule has 0 spiro atoms. The number of carbonyl (C=O) groups excluding carboxylic acids is 2. The number of hydrogen-bond acceptors (Lipinski definition) is 5. The number of nitrogens with zero attached hydrogens (tertiary/aromatic N) is 4. The molecule has 32 heavy (non-hydrogen) atoms. The fraction of sp³-hybridized carbons (Fsp3) is 0.250. The molecule has 0 aliphatic carbocycles. The third kappa shape index (κ3) is 4.18. The summed E-state index contributed by atoms with van der Waals surface area (Å²) in [5.41, 5.74) is 4.61. The summed E-state index contributed by atoms with van der Waals surface area (Å²) in [4.78, 5) is 32.9. The summed E-state index contributed by atoms with van der Waals surface area (Å²) >= 11 is 1.58. The van der Waals surface area contributed by atoms with E-state index in [1.54, 1.807) is 34.6 Å². The molecule has 0 unspecified atom stereocenters. The van der Waals surface area contributed by atoms with E-state index in [4.69, 9.17) is 0 Å². The maximum atomic E-state index is 13.1. The monoisotopic (exact) mass is 447 g/mol. The molecule has 0 bridgehead atoms. The average molecular weight is 448 g/mol. The third-order valence-electron chi connectivity index (χ3n) is 5.50. The number of rotatable bonds is 4. The number of aliphatic imine (C=N–C) groups is 1. The average Bonchev–Trinajstić information content (AvgIpc) is 3.42. The zero-order chi connectivity index (χ0) is 21.4. The van der Waals surface area contributed by atoms with Crippen molar-refractivity contribution in [1.82, 2.24) is 15.1 Å². The van der Waals surface area contributed by atoms with Crippen molar-refractivity contribution < 1.29 is 9.59 Å². The zero-order valence-corrected chi connectivity index (χ0v) is 17.8. The molecule has 2 aromatic carbocycles. The van der Waals surface area contributed by atoms with E-state index in [1.807, 2.05) is 42.6 Å². The van der Waals surface area contributed by atoms with Gasteiger partial charge in [0.05, 0.1) is 30.5 Å². The van der Waals surface area contributed by atoms with Crippen LogP contribution in [0.3, 0.4) is 0 Å². The first-order chi connectivity index (χ1) is 15.1. The van der Waals surface area contributed by atoms with Gasteiger partial charge in [-0.05, 0) is 28.8 Å². The second-order valence-corrected chi connectivity index (χ2v) is 8.70. The van der Waals surface area contributed by atoms with Crippen LogP contribution in [0, 0.1) is 0 Å². The molecule has 1 atom stereocenters. The van der Waals surface area contributed by atoms with Gasteiger partial charge in [0, 0.05) is 30.1 Å². The SMILES string of the molecule is C.CN1C(=O)[C@@H](NC(=O)c2cnn(Cc3ccccc3)c2)CSc2cc3c(cc21)C=NC3. The van der Waals surface area contributed by atoms with Gasteiger partial charge in [0.2, 0.25) is 5.91 Å². The summed E-state index contributed by atoms with van der Waals surface area (Å²) in [6.45, 7) is 1.26. The van der Waals surface area contributed by atoms with Gasteiger partial charge in [-0.15, -0.1) is 11.8 Å². The number of thioether (sulfide) groups is 1. The minimum Gasteiger partial charge on any atom is -0.339 e. The van der Waals surface area contributed by atoms with Gasteiger partial charge in [-0.3, -0.25) is 19.3 Å². The minimum absolute atomic E-state index is 0. The van der Waals surface area contributed by atoms with Crippen molar-refractivity contribution in [1.29, 1.82) is 0 Å². The largest absolute Gasteiger partial charge is 0.339 e. The van der Waals surface area contributed by atoms with E-state index < -0.39 is 6.04 Å². The number of fused-ring (bicyclic) bond motifs is 2. The highest BCUT2D eigenvalue weighted by Crippen LogP contribution is 2.37. The van der Waals surface area contributed by atoms with Gasteiger partial charge in [-0.25, -0.2) is 0 Å². The molecular formula is C24H25N5O2S. The van der Waals surface area contributed by atoms with Gasteiger partial charge < -0.3 is 10.2 Å². The van der Waals surface area contributed by atoms with Crippen LogP contribution in [0.4, 0.5) is 5.69 Å². The molecule has 0 saturated carbocycles. The molecule has 1 aromatic heterocycles. The lowest BCUT2D eigenvalue weighted by Crippen LogP contribution is -2.48. The Balaban J connectivity index is 0.00000245. The number of likely N-dealkylation sites (N-methyl/N-ethyl adjacent to an activating group) is 1. The van der Waals surface area contributed by atoms with Gasteiger partial charge >= 0.3 is 0 Å². The molecule has 1 N–H and O–H groups in total. The van der Waals surface area contributed by atoms with E-state index in [0.717, 1.165) is 21.7 Å². The van der Waals surface area contributed by atoms with E-state index in [1.165, 1.54) is 11.8 Å². The third-order valence-corrected chi connectivity index (χ3v) is 6.63. The molecular weight excluding hydrogens is 422 g/mol. The fourth-order valence-corrected chi connectivity index (χ4v) is 4.92. The van der Waals surface area contributed by atoms with E-state index in [9.17, 15) is 9.59 Å². The fourth-order valence-electron chi connectivity index (χ4n) is 3.78. The van der Waals surface area contributed by atoms with Crippen molar-refractivity contribution in [2.75, 3.05) is 17.7 Å². The highest BCUT2D eigenvalue weighted by molar-refractivity contribution is 7.99. The standard InChI is InChI=1S/C23H21N5O2S.CH4/c1-27-20-7-16-9-24-10-17(16)8-21(20)31-14-19(23(27)30)26-22(29)18-11-25-28(13-18)12-15-5-3-2-4-6-15;/h2-9,11,13,19H,10,12,14H2,1H3,(H,26,29);1H4/t19-;/m0./s1. The minimum atomic E-state index is -0.615. The van der Waals surface area contributed by atoms with Gasteiger partial charge in [-0.2, -0.15) is 5.10 Å². The Morgan fingerprint density at radius 2 is 2.06 bits per heavy atom. The second kappa shape index (κ2) is 9.00. The summed E-state index contributed by atoms with van der Waals surface area (Å²) in [7, 11) is 1.75. The summed E-state index contributed by atoms with van der Waals surface area (Å²) in [5, 5.41) is 7.18. The van der Waals surface area contributed by atoms with Gasteiger partial charge in [0.1, 0.15) is 6.04 Å². The molecule has 2 aliphatic rings. The van der Waals surface area contributed by atoms with Crippen LogP contribution in [0.1, 0.15) is 34.5 Å². The molecule has 3 heterocycles. The summed E-state index contributed by atoms with van der Waals surface area (Å²) in [6, 6.07) is 13.4. The van der Waals surface area contributed by atoms with Gasteiger partial charge in [-0.1, -0.05) is 37.8 Å². The van der Waals surface area contributed by atoms with Crippen LogP contribution in [0.15, 0.2) is 64.7 Å². The Morgan fingerprint density at radius 1 is 1.25 bits per heavy atom. The highest BCUT2D eigenvalue weighted by Gasteiger charge is 2.31. The van der Waals surface area contributed by atoms with Crippen molar-refractivity contribution in [3.05, 3.63) is 77.1 Å². The Bertz CT molecular complexity index is 1190. The molecule has 3 aromatic rings. The molecule has 2 aliphatic heterocycles. The first-order valence-corrected chi connectivity index (χ1v) is 11.0. The van der Waals surface area contributed by atoms with Crippen LogP contribution in [0.25, 0.3) is 0 Å². The molecule has 7 nitrogen and oxygen atoms in total. The second-order valence-electron chi connectivity index (χ2n) is 7.64. The zero-order valence-electron chi connectivity index (χ0n) is 17.0. The quantitative estimate of drug-likeness (QED) is 0.665. The molecule has 0 fully saturated rings. The van der Waals surface area contributed by atoms with Crippen LogP contribution in [-0.4, -0.2) is 46.7 Å². The number of aromatic nitrogens is 2. The molecule has 0 saturated heterocycles. The van der Waals surface area contributed by atoms with Crippen LogP contribution < -0.4 is 10.2 Å². The Kier molecular flexibility index (Phi) is 6.14. The highest BCUT2D eigenvalue weighted by atomic mass is 32.2. The first-order valence-electron chi connectivity index (χ1n) is 10.0. The van der Waals surface area contributed by atoms with Crippen LogP contribution >= 0.6 is 11.8 Å².